The summed E-state index contributed by atoms with van der Waals surface area (Å²) in [5, 5.41) is 6.62. The fourth-order valence-corrected chi connectivity index (χ4v) is 1.33. The van der Waals surface area contributed by atoms with E-state index >= 15 is 0 Å². The lowest BCUT2D eigenvalue weighted by Crippen LogP contribution is -2.48. The van der Waals surface area contributed by atoms with Gasteiger partial charge in [0, 0.05) is 31.2 Å². The first-order valence-electron chi connectivity index (χ1n) is 4.97. The maximum Gasteiger partial charge on any atom is 0.333 e. The summed E-state index contributed by atoms with van der Waals surface area (Å²) in [7, 11) is 0. The second kappa shape index (κ2) is 5.78. The number of nitrogens with one attached hydrogen (secondary N) is 2. The van der Waals surface area contributed by atoms with Crippen molar-refractivity contribution >= 4 is 5.97 Å². The molecule has 0 aromatic heterocycles. The van der Waals surface area contributed by atoms with E-state index in [0.717, 1.165) is 26.1 Å². The van der Waals surface area contributed by atoms with Gasteiger partial charge in [-0.05, 0) is 13.3 Å². The van der Waals surface area contributed by atoms with E-state index in [1.807, 2.05) is 0 Å². The first-order chi connectivity index (χ1) is 6.70. The van der Waals surface area contributed by atoms with Gasteiger partial charge in [-0.15, -0.1) is 0 Å². The number of piperazine rings is 1. The van der Waals surface area contributed by atoms with Crippen LogP contribution in [-0.4, -0.2) is 38.3 Å². The highest BCUT2D eigenvalue weighted by Crippen LogP contribution is 1.97. The maximum absolute atomic E-state index is 11.0. The molecule has 1 aliphatic rings. The molecule has 2 N–H and O–H groups in total. The van der Waals surface area contributed by atoms with E-state index in [9.17, 15) is 4.79 Å². The van der Waals surface area contributed by atoms with Gasteiger partial charge in [-0.2, -0.15) is 0 Å². The molecule has 80 valence electrons. The van der Waals surface area contributed by atoms with Gasteiger partial charge in [0.25, 0.3) is 0 Å². The molecule has 1 atom stereocenters. The lowest BCUT2D eigenvalue weighted by molar-refractivity contribution is -0.139. The molecule has 0 bridgehead atoms. The minimum Gasteiger partial charge on any atom is -0.462 e. The van der Waals surface area contributed by atoms with E-state index in [-0.39, 0.29) is 5.97 Å². The van der Waals surface area contributed by atoms with E-state index < -0.39 is 0 Å². The molecular formula is C10H18N2O2. The van der Waals surface area contributed by atoms with Crippen LogP contribution < -0.4 is 10.6 Å². The van der Waals surface area contributed by atoms with Crippen molar-refractivity contribution in [2.75, 3.05) is 26.2 Å². The molecule has 0 spiro atoms. The first-order valence-corrected chi connectivity index (χ1v) is 4.97. The normalized spacial score (nSPS) is 21.6. The average Bonchev–Trinajstić information content (AvgIpc) is 2.19. The van der Waals surface area contributed by atoms with Crippen LogP contribution in [0, 0.1) is 0 Å². The largest absolute Gasteiger partial charge is 0.462 e. The van der Waals surface area contributed by atoms with Crippen LogP contribution in [-0.2, 0) is 9.53 Å². The molecule has 1 heterocycles. The van der Waals surface area contributed by atoms with Crippen LogP contribution in [0.1, 0.15) is 13.3 Å². The molecule has 1 fully saturated rings. The zero-order valence-corrected chi connectivity index (χ0v) is 8.64. The molecule has 0 saturated carbocycles. The number of carbonyl (C=O) groups is 1. The number of hydrogen-bond acceptors (Lipinski definition) is 4. The number of ether oxygens (including phenoxy) is 1. The Morgan fingerprint density at radius 2 is 2.36 bits per heavy atom. The fraction of sp³-hybridized carbons (Fsp3) is 0.700. The second-order valence-electron chi connectivity index (χ2n) is 3.56. The van der Waals surface area contributed by atoms with Gasteiger partial charge in [-0.3, -0.25) is 0 Å². The van der Waals surface area contributed by atoms with Gasteiger partial charge in [0.1, 0.15) is 0 Å². The number of carbonyl (C=O) groups excluding carboxylic acids is 1. The lowest BCUT2D eigenvalue weighted by atomic mass is 10.2. The van der Waals surface area contributed by atoms with Crippen molar-refractivity contribution in [2.45, 2.75) is 19.4 Å². The highest BCUT2D eigenvalue weighted by Gasteiger charge is 2.12. The summed E-state index contributed by atoms with van der Waals surface area (Å²) in [6, 6.07) is 0.418. The number of hydrogen-bond donors (Lipinski definition) is 2. The second-order valence-corrected chi connectivity index (χ2v) is 3.56. The molecule has 0 aliphatic carbocycles. The van der Waals surface area contributed by atoms with Gasteiger partial charge >= 0.3 is 5.97 Å². The van der Waals surface area contributed by atoms with Crippen molar-refractivity contribution in [1.82, 2.24) is 10.6 Å². The summed E-state index contributed by atoms with van der Waals surface area (Å²) in [6.07, 6.45) is 0.853. The van der Waals surface area contributed by atoms with Crippen molar-refractivity contribution < 1.29 is 9.53 Å². The standard InChI is InChI=1S/C10H18N2O2/c1-8(2)10(13)14-6-3-9-7-11-4-5-12-9/h9,11-12H,1,3-7H2,2H3. The van der Waals surface area contributed by atoms with Crippen molar-refractivity contribution in [3.63, 3.8) is 0 Å². The Hall–Kier alpha value is -0.870. The van der Waals surface area contributed by atoms with E-state index in [1.54, 1.807) is 6.92 Å². The van der Waals surface area contributed by atoms with Gasteiger partial charge in [0.05, 0.1) is 6.61 Å². The van der Waals surface area contributed by atoms with Gasteiger partial charge in [-0.1, -0.05) is 6.58 Å². The quantitative estimate of drug-likeness (QED) is 0.495. The number of rotatable bonds is 4. The minimum atomic E-state index is -0.297. The Balaban J connectivity index is 2.08. The lowest BCUT2D eigenvalue weighted by Gasteiger charge is -2.24. The summed E-state index contributed by atoms with van der Waals surface area (Å²) < 4.78 is 5.00. The van der Waals surface area contributed by atoms with Crippen LogP contribution in [0.2, 0.25) is 0 Å². The van der Waals surface area contributed by atoms with Gasteiger partial charge in [0.2, 0.25) is 0 Å². The Bertz CT molecular complexity index is 210. The molecule has 1 rings (SSSR count). The minimum absolute atomic E-state index is 0.297. The fourth-order valence-electron chi connectivity index (χ4n) is 1.33. The summed E-state index contributed by atoms with van der Waals surface area (Å²) >= 11 is 0. The summed E-state index contributed by atoms with van der Waals surface area (Å²) in [4.78, 5) is 11.0. The van der Waals surface area contributed by atoms with Crippen molar-refractivity contribution in [3.8, 4) is 0 Å². The predicted octanol–water partition coefficient (Wildman–Crippen LogP) is 0.0572. The Kier molecular flexibility index (Phi) is 4.62. The molecule has 0 radical (unpaired) electrons. The Morgan fingerprint density at radius 1 is 1.57 bits per heavy atom. The van der Waals surface area contributed by atoms with Crippen LogP contribution in [0.3, 0.4) is 0 Å². The van der Waals surface area contributed by atoms with Gasteiger partial charge in [0.15, 0.2) is 0 Å². The van der Waals surface area contributed by atoms with E-state index in [0.29, 0.717) is 18.2 Å². The average molecular weight is 198 g/mol. The Labute approximate surface area is 84.7 Å². The van der Waals surface area contributed by atoms with Crippen molar-refractivity contribution in [1.29, 1.82) is 0 Å². The van der Waals surface area contributed by atoms with Crippen LogP contribution in [0.25, 0.3) is 0 Å². The zero-order chi connectivity index (χ0) is 10.4. The Morgan fingerprint density at radius 3 is 2.93 bits per heavy atom. The van der Waals surface area contributed by atoms with E-state index in [2.05, 4.69) is 17.2 Å². The van der Waals surface area contributed by atoms with E-state index in [1.165, 1.54) is 0 Å². The SMILES string of the molecule is C=C(C)C(=O)OCCC1CNCCN1. The van der Waals surface area contributed by atoms with Gasteiger partial charge < -0.3 is 15.4 Å². The molecule has 4 nitrogen and oxygen atoms in total. The zero-order valence-electron chi connectivity index (χ0n) is 8.64. The predicted molar refractivity (Wildman–Crippen MR) is 55.1 cm³/mol. The highest BCUT2D eigenvalue weighted by molar-refractivity contribution is 5.86. The molecule has 1 saturated heterocycles. The molecule has 1 aliphatic heterocycles. The first kappa shape index (κ1) is 11.2. The molecule has 4 heteroatoms. The van der Waals surface area contributed by atoms with Crippen molar-refractivity contribution in [2.24, 2.45) is 0 Å². The highest BCUT2D eigenvalue weighted by atomic mass is 16.5. The molecular weight excluding hydrogens is 180 g/mol. The van der Waals surface area contributed by atoms with E-state index in [4.69, 9.17) is 4.74 Å². The van der Waals surface area contributed by atoms with Crippen molar-refractivity contribution in [3.05, 3.63) is 12.2 Å². The number of esters is 1. The van der Waals surface area contributed by atoms with Gasteiger partial charge in [-0.25, -0.2) is 4.79 Å². The third-order valence-electron chi connectivity index (χ3n) is 2.17. The van der Waals surface area contributed by atoms with Crippen LogP contribution in [0.5, 0.6) is 0 Å². The monoisotopic (exact) mass is 198 g/mol. The van der Waals surface area contributed by atoms with Crippen LogP contribution in [0.4, 0.5) is 0 Å². The third-order valence-corrected chi connectivity index (χ3v) is 2.17. The third kappa shape index (κ3) is 3.89. The molecule has 1 unspecified atom stereocenters. The topological polar surface area (TPSA) is 50.4 Å². The molecule has 0 aromatic carbocycles. The molecule has 14 heavy (non-hydrogen) atoms. The summed E-state index contributed by atoms with van der Waals surface area (Å²) in [6.45, 7) is 8.59. The van der Waals surface area contributed by atoms with Crippen LogP contribution >= 0.6 is 0 Å². The summed E-state index contributed by atoms with van der Waals surface area (Å²) in [5.74, 6) is -0.297. The smallest absolute Gasteiger partial charge is 0.333 e. The molecule has 0 aromatic rings. The maximum atomic E-state index is 11.0. The summed E-state index contributed by atoms with van der Waals surface area (Å²) in [5.41, 5.74) is 0.458. The van der Waals surface area contributed by atoms with Crippen LogP contribution in [0.15, 0.2) is 12.2 Å². The molecule has 0 amide bonds.